The zero-order valence-electron chi connectivity index (χ0n) is 23.9. The molecule has 0 radical (unpaired) electrons. The smallest absolute Gasteiger partial charge is 0.308 e. The van der Waals surface area contributed by atoms with Gasteiger partial charge in [0.15, 0.2) is 5.78 Å². The number of ketones is 1. The minimum Gasteiger partial charge on any atom is -0.496 e. The summed E-state index contributed by atoms with van der Waals surface area (Å²) < 4.78 is 10.3. The van der Waals surface area contributed by atoms with Crippen LogP contribution in [-0.2, 0) is 9.59 Å². The number of nitrogens with one attached hydrogen (secondary N) is 1. The molecule has 0 aromatic heterocycles. The highest BCUT2D eigenvalue weighted by Gasteiger charge is 2.21. The number of hydrogen-bond donors (Lipinski definition) is 3. The number of halogens is 1. The van der Waals surface area contributed by atoms with Crippen LogP contribution in [-0.4, -0.2) is 66.9 Å². The Labute approximate surface area is 246 Å². The lowest BCUT2D eigenvalue weighted by atomic mass is 9.96. The number of methoxy groups -OCH3 is 1. The monoisotopic (exact) mass is 589 g/mol. The van der Waals surface area contributed by atoms with Gasteiger partial charge in [-0.1, -0.05) is 18.0 Å². The second-order valence-corrected chi connectivity index (χ2v) is 10.3. The molecule has 1 fully saturated rings. The molecule has 2 aromatic rings. The molecule has 1 saturated heterocycles. The molecule has 4 N–H and O–H groups in total. The molecule has 11 heteroatoms. The van der Waals surface area contributed by atoms with E-state index in [9.17, 15) is 14.4 Å². The number of Topliss-reactive ketones (excluding diaryl/α,β-unsaturated/α-hetero) is 1. The Bertz CT molecular complexity index is 1180. The van der Waals surface area contributed by atoms with Gasteiger partial charge in [-0.2, -0.15) is 0 Å². The number of hydrogen-bond acceptors (Lipinski definition) is 8. The number of ether oxygens (including phenoxy) is 2. The van der Waals surface area contributed by atoms with Gasteiger partial charge in [0.05, 0.1) is 23.4 Å². The molecule has 41 heavy (non-hydrogen) atoms. The number of nitrogen functional groups attached to an aromatic ring is 1. The maximum absolute atomic E-state index is 12.6. The van der Waals surface area contributed by atoms with Crippen molar-refractivity contribution in [3.63, 3.8) is 0 Å². The molecule has 224 valence electrons. The van der Waals surface area contributed by atoms with Crippen molar-refractivity contribution in [3.8, 4) is 11.5 Å². The molecule has 0 spiro atoms. The Morgan fingerprint density at radius 1 is 1.05 bits per heavy atom. The van der Waals surface area contributed by atoms with E-state index in [-0.39, 0.29) is 17.7 Å². The van der Waals surface area contributed by atoms with E-state index in [1.54, 1.807) is 36.4 Å². The minimum atomic E-state index is -0.833. The number of amides is 1. The highest BCUT2D eigenvalue weighted by atomic mass is 35.5. The number of rotatable bonds is 12. The molecule has 3 rings (SSSR count). The van der Waals surface area contributed by atoms with E-state index in [1.807, 2.05) is 0 Å². The lowest BCUT2D eigenvalue weighted by molar-refractivity contribution is -0.134. The Morgan fingerprint density at radius 2 is 1.68 bits per heavy atom. The number of carbonyl (C=O) groups excluding carboxylic acids is 3. The quantitative estimate of drug-likeness (QED) is 0.104. The summed E-state index contributed by atoms with van der Waals surface area (Å²) in [6.45, 7) is 6.07. The van der Waals surface area contributed by atoms with Gasteiger partial charge in [-0.3, -0.25) is 19.2 Å². The third-order valence-electron chi connectivity index (χ3n) is 6.64. The molecule has 10 nitrogen and oxygen atoms in total. The first kappa shape index (κ1) is 33.6. The summed E-state index contributed by atoms with van der Waals surface area (Å²) in [5, 5.41) is 10.8. The lowest BCUT2D eigenvalue weighted by Crippen LogP contribution is -2.39. The van der Waals surface area contributed by atoms with Gasteiger partial charge in [-0.25, -0.2) is 0 Å². The maximum Gasteiger partial charge on any atom is 0.308 e. The Morgan fingerprint density at radius 3 is 2.27 bits per heavy atom. The van der Waals surface area contributed by atoms with Crippen LogP contribution in [0.3, 0.4) is 0 Å². The third kappa shape index (κ3) is 12.2. The van der Waals surface area contributed by atoms with Crippen LogP contribution in [0.15, 0.2) is 36.4 Å². The number of esters is 1. The number of anilines is 1. The second-order valence-electron chi connectivity index (χ2n) is 9.94. The van der Waals surface area contributed by atoms with Crippen molar-refractivity contribution in [1.82, 2.24) is 10.2 Å². The molecular weight excluding hydrogens is 550 g/mol. The number of piperidine rings is 1. The third-order valence-corrected chi connectivity index (χ3v) is 6.97. The topological polar surface area (TPSA) is 148 Å². The average molecular weight is 590 g/mol. The van der Waals surface area contributed by atoms with Crippen molar-refractivity contribution in [2.24, 2.45) is 5.92 Å². The largest absolute Gasteiger partial charge is 0.496 e. The van der Waals surface area contributed by atoms with E-state index in [1.165, 1.54) is 14.0 Å². The Balaban J connectivity index is 0.00000138. The van der Waals surface area contributed by atoms with Gasteiger partial charge in [0, 0.05) is 38.4 Å². The van der Waals surface area contributed by atoms with Crippen molar-refractivity contribution < 1.29 is 33.8 Å². The highest BCUT2D eigenvalue weighted by molar-refractivity contribution is 6.33. The van der Waals surface area contributed by atoms with Crippen LogP contribution >= 0.6 is 11.6 Å². The number of benzene rings is 2. The van der Waals surface area contributed by atoms with E-state index in [0.29, 0.717) is 52.2 Å². The number of likely N-dealkylation sites (tertiary alicyclic amines) is 1. The average Bonchev–Trinajstić information content (AvgIpc) is 2.93. The second kappa shape index (κ2) is 17.2. The SMILES string of the molecule is CC(=O)O.COc1cc(N)c(Cl)cc1C(=O)NCC1CCN(CCCCCC(=O)c2ccc(OC(C)=O)cc2)CC1. The first-order chi connectivity index (χ1) is 19.5. The Kier molecular flexibility index (Phi) is 14.1. The predicted molar refractivity (Wildman–Crippen MR) is 158 cm³/mol. The molecule has 0 unspecified atom stereocenters. The molecule has 1 aliphatic rings. The predicted octanol–water partition coefficient (Wildman–Crippen LogP) is 4.83. The van der Waals surface area contributed by atoms with Crippen LogP contribution < -0.4 is 20.5 Å². The number of carboxylic acid groups (broad SMARTS) is 1. The van der Waals surface area contributed by atoms with E-state index in [0.717, 1.165) is 58.7 Å². The number of carbonyl (C=O) groups is 4. The highest BCUT2D eigenvalue weighted by Crippen LogP contribution is 2.29. The van der Waals surface area contributed by atoms with Crippen molar-refractivity contribution >= 4 is 40.9 Å². The van der Waals surface area contributed by atoms with Crippen molar-refractivity contribution in [1.29, 1.82) is 0 Å². The van der Waals surface area contributed by atoms with Crippen LogP contribution in [0.25, 0.3) is 0 Å². The first-order valence-corrected chi connectivity index (χ1v) is 14.0. The van der Waals surface area contributed by atoms with Crippen LogP contribution in [0.1, 0.15) is 73.1 Å². The van der Waals surface area contributed by atoms with E-state index < -0.39 is 5.97 Å². The summed E-state index contributed by atoms with van der Waals surface area (Å²) in [7, 11) is 1.50. The normalized spacial score (nSPS) is 13.5. The van der Waals surface area contributed by atoms with Crippen molar-refractivity contribution in [2.45, 2.75) is 52.4 Å². The van der Waals surface area contributed by atoms with Crippen molar-refractivity contribution in [3.05, 3.63) is 52.5 Å². The summed E-state index contributed by atoms with van der Waals surface area (Å²) in [5.74, 6) is -0.0288. The maximum atomic E-state index is 12.6. The summed E-state index contributed by atoms with van der Waals surface area (Å²) in [5.41, 5.74) is 7.20. The molecule has 1 aliphatic heterocycles. The molecule has 2 aromatic carbocycles. The number of unbranched alkanes of at least 4 members (excludes halogenated alkanes) is 2. The van der Waals surface area contributed by atoms with Gasteiger partial charge in [-0.15, -0.1) is 0 Å². The van der Waals surface area contributed by atoms with Gasteiger partial charge < -0.3 is 30.5 Å². The number of carboxylic acids is 1. The molecule has 0 atom stereocenters. The van der Waals surface area contributed by atoms with Crippen LogP contribution in [0.2, 0.25) is 5.02 Å². The first-order valence-electron chi connectivity index (χ1n) is 13.6. The van der Waals surface area contributed by atoms with Crippen LogP contribution in [0, 0.1) is 5.92 Å². The van der Waals surface area contributed by atoms with Crippen LogP contribution in [0.5, 0.6) is 11.5 Å². The van der Waals surface area contributed by atoms with Gasteiger partial charge in [0.1, 0.15) is 11.5 Å². The number of aliphatic carboxylic acids is 1. The molecule has 0 saturated carbocycles. The fourth-order valence-corrected chi connectivity index (χ4v) is 4.64. The van der Waals surface area contributed by atoms with E-state index in [4.69, 9.17) is 36.7 Å². The van der Waals surface area contributed by atoms with Gasteiger partial charge in [-0.05, 0) is 81.6 Å². The standard InChI is InChI=1S/C28H36ClN3O5.C2H4O2/c1-19(33)37-22-9-7-21(8-10-22)26(34)6-4-3-5-13-32-14-11-20(12-15-32)18-31-28(35)23-16-24(29)25(30)17-27(23)36-2;1-2(3)4/h7-10,16-17,20H,3-6,11-15,18,30H2,1-2H3,(H,31,35);1H3,(H,3,4). The van der Waals surface area contributed by atoms with Gasteiger partial charge in [0.25, 0.3) is 11.9 Å². The number of nitrogens with zero attached hydrogens (tertiary/aromatic N) is 1. The molecule has 0 bridgehead atoms. The van der Waals surface area contributed by atoms with Crippen LogP contribution in [0.4, 0.5) is 5.69 Å². The molecule has 0 aliphatic carbocycles. The van der Waals surface area contributed by atoms with Gasteiger partial charge >= 0.3 is 5.97 Å². The zero-order chi connectivity index (χ0) is 30.4. The molecule has 1 amide bonds. The van der Waals surface area contributed by atoms with E-state index in [2.05, 4.69) is 10.2 Å². The summed E-state index contributed by atoms with van der Waals surface area (Å²) in [6, 6.07) is 9.81. The number of nitrogens with two attached hydrogens (primary N) is 1. The summed E-state index contributed by atoms with van der Waals surface area (Å²) in [6.07, 6.45) is 5.48. The Hall–Kier alpha value is -3.63. The minimum absolute atomic E-state index is 0.107. The fraction of sp³-hybridized carbons (Fsp3) is 0.467. The summed E-state index contributed by atoms with van der Waals surface area (Å²) in [4.78, 5) is 47.5. The van der Waals surface area contributed by atoms with Gasteiger partial charge in [0.2, 0.25) is 0 Å². The lowest BCUT2D eigenvalue weighted by Gasteiger charge is -2.32. The molecular formula is C30H40ClN3O7. The van der Waals surface area contributed by atoms with Crippen molar-refractivity contribution in [2.75, 3.05) is 39.0 Å². The summed E-state index contributed by atoms with van der Waals surface area (Å²) >= 11 is 6.08. The fourth-order valence-electron chi connectivity index (χ4n) is 4.48. The van der Waals surface area contributed by atoms with E-state index >= 15 is 0 Å². The zero-order valence-corrected chi connectivity index (χ0v) is 24.7. The molecule has 1 heterocycles.